The van der Waals surface area contributed by atoms with E-state index in [1.165, 1.54) is 12.1 Å². The normalized spacial score (nSPS) is 12.2. The fourth-order valence-electron chi connectivity index (χ4n) is 4.42. The molecule has 1 aromatic heterocycles. The first-order valence-electron chi connectivity index (χ1n) is 11.6. The predicted molar refractivity (Wildman–Crippen MR) is 140 cm³/mol. The Hall–Kier alpha value is -3.87. The molecule has 182 valence electrons. The van der Waals surface area contributed by atoms with Gasteiger partial charge in [-0.15, -0.1) is 0 Å². The third-order valence-corrected chi connectivity index (χ3v) is 6.67. The zero-order chi connectivity index (χ0) is 25.1. The summed E-state index contributed by atoms with van der Waals surface area (Å²) in [7, 11) is 0. The van der Waals surface area contributed by atoms with E-state index in [2.05, 4.69) is 10.3 Å². The van der Waals surface area contributed by atoms with E-state index in [0.29, 0.717) is 22.8 Å². The van der Waals surface area contributed by atoms with Gasteiger partial charge < -0.3 is 14.8 Å². The van der Waals surface area contributed by atoms with Gasteiger partial charge in [0.25, 0.3) is 0 Å². The first-order chi connectivity index (χ1) is 17.5. The van der Waals surface area contributed by atoms with Gasteiger partial charge in [0.05, 0.1) is 5.02 Å². The molecule has 0 radical (unpaired) electrons. The van der Waals surface area contributed by atoms with Crippen molar-refractivity contribution in [1.82, 2.24) is 10.3 Å². The van der Waals surface area contributed by atoms with E-state index in [1.807, 2.05) is 66.9 Å². The number of carbonyl (C=O) groups is 1. The van der Waals surface area contributed by atoms with Crippen LogP contribution < -0.4 is 10.1 Å². The zero-order valence-corrected chi connectivity index (χ0v) is 20.1. The van der Waals surface area contributed by atoms with Crippen LogP contribution in [0.3, 0.4) is 0 Å². The van der Waals surface area contributed by atoms with Crippen molar-refractivity contribution in [2.45, 2.75) is 25.6 Å². The standard InChI is InChI=1S/C29H24ClFN2O3/c30-25-14-21(31)11-9-19(25)17-36-28-12-10-18-5-1-2-6-22(18)24(28)16-33-27(29(34)35)13-20-15-32-26-8-4-3-7-23(20)26/h1-12,14-15,27,32-33H,13,16-17H2,(H,34,35). The number of aromatic nitrogens is 1. The first kappa shape index (κ1) is 23.9. The summed E-state index contributed by atoms with van der Waals surface area (Å²) in [6.45, 7) is 0.440. The second-order valence-corrected chi connectivity index (χ2v) is 9.03. The molecular weight excluding hydrogens is 479 g/mol. The summed E-state index contributed by atoms with van der Waals surface area (Å²) in [5, 5.41) is 16.5. The summed E-state index contributed by atoms with van der Waals surface area (Å²) >= 11 is 6.18. The Morgan fingerprint density at radius 3 is 2.58 bits per heavy atom. The number of benzene rings is 4. The van der Waals surface area contributed by atoms with Crippen LogP contribution in [0, 0.1) is 5.82 Å². The zero-order valence-electron chi connectivity index (χ0n) is 19.3. The van der Waals surface area contributed by atoms with Crippen LogP contribution in [0.1, 0.15) is 16.7 Å². The van der Waals surface area contributed by atoms with Gasteiger partial charge in [0.2, 0.25) is 0 Å². The summed E-state index contributed by atoms with van der Waals surface area (Å²) in [4.78, 5) is 15.4. The molecule has 0 saturated carbocycles. The molecule has 0 aliphatic carbocycles. The van der Waals surface area contributed by atoms with Gasteiger partial charge in [0, 0.05) is 41.2 Å². The van der Waals surface area contributed by atoms with Crippen LogP contribution >= 0.6 is 11.6 Å². The maximum atomic E-state index is 13.4. The van der Waals surface area contributed by atoms with Gasteiger partial charge in [-0.2, -0.15) is 0 Å². The average Bonchev–Trinajstić information content (AvgIpc) is 3.29. The number of hydrogen-bond donors (Lipinski definition) is 3. The second-order valence-electron chi connectivity index (χ2n) is 8.62. The number of rotatable bonds is 9. The predicted octanol–water partition coefficient (Wildman–Crippen LogP) is 6.48. The van der Waals surface area contributed by atoms with Gasteiger partial charge in [-0.1, -0.05) is 66.2 Å². The highest BCUT2D eigenvalue weighted by Gasteiger charge is 2.21. The Morgan fingerprint density at radius 1 is 1.00 bits per heavy atom. The minimum atomic E-state index is -0.930. The van der Waals surface area contributed by atoms with Crippen molar-refractivity contribution in [2.75, 3.05) is 0 Å². The Morgan fingerprint density at radius 2 is 1.78 bits per heavy atom. The molecule has 5 aromatic rings. The van der Waals surface area contributed by atoms with Crippen LogP contribution in [0.2, 0.25) is 5.02 Å². The van der Waals surface area contributed by atoms with E-state index >= 15 is 0 Å². The second kappa shape index (κ2) is 10.4. The van der Waals surface area contributed by atoms with Crippen molar-refractivity contribution < 1.29 is 19.0 Å². The molecule has 1 unspecified atom stereocenters. The van der Waals surface area contributed by atoms with Gasteiger partial charge in [0.15, 0.2) is 0 Å². The minimum absolute atomic E-state index is 0.155. The Labute approximate surface area is 212 Å². The van der Waals surface area contributed by atoms with Crippen LogP contribution in [0.5, 0.6) is 5.75 Å². The number of ether oxygens (including phenoxy) is 1. The van der Waals surface area contributed by atoms with Crippen molar-refractivity contribution in [3.05, 3.63) is 113 Å². The lowest BCUT2D eigenvalue weighted by Gasteiger charge is -2.18. The molecule has 1 heterocycles. The monoisotopic (exact) mass is 502 g/mol. The Bertz CT molecular complexity index is 1550. The number of H-pyrrole nitrogens is 1. The van der Waals surface area contributed by atoms with Gasteiger partial charge >= 0.3 is 5.97 Å². The molecule has 0 aliphatic heterocycles. The summed E-state index contributed by atoms with van der Waals surface area (Å²) in [5.41, 5.74) is 3.41. The molecule has 0 fully saturated rings. The molecule has 5 nitrogen and oxygen atoms in total. The van der Waals surface area contributed by atoms with E-state index in [1.54, 1.807) is 6.07 Å². The third kappa shape index (κ3) is 5.05. The molecule has 5 rings (SSSR count). The van der Waals surface area contributed by atoms with E-state index in [4.69, 9.17) is 16.3 Å². The number of hydrogen-bond acceptors (Lipinski definition) is 3. The SMILES string of the molecule is O=C(O)C(Cc1c[nH]c2ccccc12)NCc1c(OCc2ccc(F)cc2Cl)ccc2ccccc12. The number of nitrogens with one attached hydrogen (secondary N) is 2. The van der Waals surface area contributed by atoms with Crippen molar-refractivity contribution in [3.8, 4) is 5.75 Å². The third-order valence-electron chi connectivity index (χ3n) is 6.32. The maximum absolute atomic E-state index is 13.4. The molecule has 0 amide bonds. The van der Waals surface area contributed by atoms with Gasteiger partial charge in [0.1, 0.15) is 24.2 Å². The number of aromatic amines is 1. The van der Waals surface area contributed by atoms with E-state index in [9.17, 15) is 14.3 Å². The summed E-state index contributed by atoms with van der Waals surface area (Å²) in [6, 6.07) is 22.9. The first-order valence-corrected chi connectivity index (χ1v) is 12.0. The van der Waals surface area contributed by atoms with E-state index in [-0.39, 0.29) is 13.2 Å². The Balaban J connectivity index is 1.40. The molecule has 4 aromatic carbocycles. The van der Waals surface area contributed by atoms with Crippen LogP contribution in [0.25, 0.3) is 21.7 Å². The smallest absolute Gasteiger partial charge is 0.321 e. The topological polar surface area (TPSA) is 74.3 Å². The number of carboxylic acids is 1. The lowest BCUT2D eigenvalue weighted by Crippen LogP contribution is -2.38. The lowest BCUT2D eigenvalue weighted by molar-refractivity contribution is -0.139. The molecule has 0 bridgehead atoms. The number of aliphatic carboxylic acids is 1. The summed E-state index contributed by atoms with van der Waals surface area (Å²) < 4.78 is 19.5. The molecule has 0 saturated heterocycles. The van der Waals surface area contributed by atoms with Crippen LogP contribution in [0.15, 0.2) is 85.1 Å². The lowest BCUT2D eigenvalue weighted by atomic mass is 10.0. The minimum Gasteiger partial charge on any atom is -0.488 e. The van der Waals surface area contributed by atoms with Crippen molar-refractivity contribution in [3.63, 3.8) is 0 Å². The number of fused-ring (bicyclic) bond motifs is 2. The number of para-hydroxylation sites is 1. The quantitative estimate of drug-likeness (QED) is 0.216. The van der Waals surface area contributed by atoms with Gasteiger partial charge in [-0.3, -0.25) is 10.1 Å². The van der Waals surface area contributed by atoms with Crippen molar-refractivity contribution >= 4 is 39.2 Å². The number of carboxylic acid groups (broad SMARTS) is 1. The average molecular weight is 503 g/mol. The fraction of sp³-hybridized carbons (Fsp3) is 0.138. The molecule has 1 atom stereocenters. The highest BCUT2D eigenvalue weighted by atomic mass is 35.5. The maximum Gasteiger partial charge on any atom is 0.321 e. The fourth-order valence-corrected chi connectivity index (χ4v) is 4.64. The van der Waals surface area contributed by atoms with E-state index in [0.717, 1.165) is 32.8 Å². The number of halogens is 2. The molecule has 3 N–H and O–H groups in total. The van der Waals surface area contributed by atoms with Crippen LogP contribution in [-0.4, -0.2) is 22.1 Å². The van der Waals surface area contributed by atoms with Crippen LogP contribution in [0.4, 0.5) is 4.39 Å². The van der Waals surface area contributed by atoms with Crippen molar-refractivity contribution in [2.24, 2.45) is 0 Å². The summed E-state index contributed by atoms with van der Waals surface area (Å²) in [5.74, 6) is -0.729. The molecule has 0 aliphatic rings. The molecule has 0 spiro atoms. The highest BCUT2D eigenvalue weighted by molar-refractivity contribution is 6.31. The highest BCUT2D eigenvalue weighted by Crippen LogP contribution is 2.30. The molecule has 7 heteroatoms. The largest absolute Gasteiger partial charge is 0.488 e. The van der Waals surface area contributed by atoms with Gasteiger partial charge in [-0.05, 0) is 40.6 Å². The summed E-state index contributed by atoms with van der Waals surface area (Å²) in [6.07, 6.45) is 2.19. The van der Waals surface area contributed by atoms with Gasteiger partial charge in [-0.25, -0.2) is 4.39 Å². The van der Waals surface area contributed by atoms with E-state index < -0.39 is 17.8 Å². The van der Waals surface area contributed by atoms with Crippen LogP contribution in [-0.2, 0) is 24.4 Å². The van der Waals surface area contributed by atoms with Crippen molar-refractivity contribution in [1.29, 1.82) is 0 Å². The molecular formula is C29H24ClFN2O3. The molecule has 36 heavy (non-hydrogen) atoms. The Kier molecular flexibility index (Phi) is 6.89.